The number of furan rings is 1. The molecule has 0 atom stereocenters. The molecule has 2 aromatic rings. The number of hydrogen-bond acceptors (Lipinski definition) is 2. The lowest BCUT2D eigenvalue weighted by atomic mass is 10.2. The molecule has 0 fully saturated rings. The average Bonchev–Trinajstić information content (AvgIpc) is 2.64. The van der Waals surface area contributed by atoms with Crippen molar-refractivity contribution in [2.45, 2.75) is 13.8 Å². The molecule has 2 heterocycles. The van der Waals surface area contributed by atoms with E-state index in [4.69, 9.17) is 4.42 Å². The van der Waals surface area contributed by atoms with E-state index in [1.54, 1.807) is 11.3 Å². The van der Waals surface area contributed by atoms with Gasteiger partial charge >= 0.3 is 0 Å². The summed E-state index contributed by atoms with van der Waals surface area (Å²) in [5.74, 6) is 1.02. The zero-order valence-corrected chi connectivity index (χ0v) is 7.94. The Morgan fingerprint density at radius 3 is 2.67 bits per heavy atom. The molecule has 62 valence electrons. The van der Waals surface area contributed by atoms with Gasteiger partial charge in [0, 0.05) is 0 Å². The summed E-state index contributed by atoms with van der Waals surface area (Å²) in [7, 11) is 0. The van der Waals surface area contributed by atoms with Gasteiger partial charge < -0.3 is 4.42 Å². The van der Waals surface area contributed by atoms with Gasteiger partial charge in [0.1, 0.15) is 5.76 Å². The molecule has 0 N–H and O–H groups in total. The van der Waals surface area contributed by atoms with E-state index in [2.05, 4.69) is 25.3 Å². The molecule has 0 aromatic carbocycles. The monoisotopic (exact) mass is 178 g/mol. The van der Waals surface area contributed by atoms with Gasteiger partial charge in [0.05, 0.1) is 11.1 Å². The van der Waals surface area contributed by atoms with Crippen LogP contribution in [0.1, 0.15) is 11.1 Å². The fraction of sp³-hybridized carbons (Fsp3) is 0.200. The molecule has 0 bridgehead atoms. The second-order valence-corrected chi connectivity index (χ2v) is 3.80. The van der Waals surface area contributed by atoms with Crippen LogP contribution in [-0.2, 0) is 0 Å². The molecule has 0 saturated heterocycles. The van der Waals surface area contributed by atoms with E-state index < -0.39 is 0 Å². The van der Waals surface area contributed by atoms with Gasteiger partial charge in [0.25, 0.3) is 0 Å². The molecule has 0 aliphatic heterocycles. The van der Waals surface area contributed by atoms with Crippen LogP contribution in [0.4, 0.5) is 0 Å². The van der Waals surface area contributed by atoms with Gasteiger partial charge in [0.15, 0.2) is 0 Å². The highest BCUT2D eigenvalue weighted by Crippen LogP contribution is 2.30. The van der Waals surface area contributed by atoms with Crippen molar-refractivity contribution in [3.05, 3.63) is 34.9 Å². The summed E-state index contributed by atoms with van der Waals surface area (Å²) < 4.78 is 5.45. The molecule has 0 amide bonds. The Hall–Kier alpha value is -1.02. The first-order valence-corrected chi connectivity index (χ1v) is 4.75. The predicted octanol–water partition coefficient (Wildman–Crippen LogP) is 3.62. The first-order chi connectivity index (χ1) is 5.79. The third kappa shape index (κ3) is 1.08. The van der Waals surface area contributed by atoms with Gasteiger partial charge in [-0.3, -0.25) is 0 Å². The van der Waals surface area contributed by atoms with Crippen molar-refractivity contribution in [3.8, 4) is 10.6 Å². The SMILES string of the molecule is Cc1coc(-c2cccs2)c1C. The second kappa shape index (κ2) is 2.79. The van der Waals surface area contributed by atoms with Crippen LogP contribution in [0.3, 0.4) is 0 Å². The highest BCUT2D eigenvalue weighted by molar-refractivity contribution is 7.13. The van der Waals surface area contributed by atoms with Crippen LogP contribution in [0.5, 0.6) is 0 Å². The number of aryl methyl sites for hydroxylation is 1. The molecular weight excluding hydrogens is 168 g/mol. The van der Waals surface area contributed by atoms with Gasteiger partial charge in [-0.05, 0) is 36.4 Å². The fourth-order valence-corrected chi connectivity index (χ4v) is 1.92. The maximum absolute atomic E-state index is 5.45. The Bertz CT molecular complexity index is 370. The minimum atomic E-state index is 1.02. The lowest BCUT2D eigenvalue weighted by Gasteiger charge is -1.92. The maximum atomic E-state index is 5.45. The van der Waals surface area contributed by atoms with Crippen LogP contribution < -0.4 is 0 Å². The first-order valence-electron chi connectivity index (χ1n) is 3.87. The van der Waals surface area contributed by atoms with Crippen molar-refractivity contribution in [3.63, 3.8) is 0 Å². The van der Waals surface area contributed by atoms with Crippen LogP contribution in [0.2, 0.25) is 0 Å². The third-order valence-electron chi connectivity index (χ3n) is 2.03. The van der Waals surface area contributed by atoms with Crippen LogP contribution in [0.25, 0.3) is 10.6 Å². The Morgan fingerprint density at radius 1 is 1.33 bits per heavy atom. The average molecular weight is 178 g/mol. The summed E-state index contributed by atoms with van der Waals surface area (Å²) in [5.41, 5.74) is 2.47. The lowest BCUT2D eigenvalue weighted by molar-refractivity contribution is 0.580. The van der Waals surface area contributed by atoms with Gasteiger partial charge in [0.2, 0.25) is 0 Å². The van der Waals surface area contributed by atoms with Gasteiger partial charge in [-0.15, -0.1) is 11.3 Å². The summed E-state index contributed by atoms with van der Waals surface area (Å²) in [6.45, 7) is 4.16. The minimum absolute atomic E-state index is 1.02. The molecule has 0 aliphatic carbocycles. The molecular formula is C10H10OS. The van der Waals surface area contributed by atoms with Gasteiger partial charge in [-0.2, -0.15) is 0 Å². The van der Waals surface area contributed by atoms with E-state index >= 15 is 0 Å². The van der Waals surface area contributed by atoms with Crippen LogP contribution in [0, 0.1) is 13.8 Å². The molecule has 0 spiro atoms. The van der Waals surface area contributed by atoms with Crippen molar-refractivity contribution in [2.24, 2.45) is 0 Å². The molecule has 0 saturated carbocycles. The highest BCUT2D eigenvalue weighted by Gasteiger charge is 2.08. The van der Waals surface area contributed by atoms with Crippen molar-refractivity contribution >= 4 is 11.3 Å². The second-order valence-electron chi connectivity index (χ2n) is 2.85. The topological polar surface area (TPSA) is 13.1 Å². The summed E-state index contributed by atoms with van der Waals surface area (Å²) in [6.07, 6.45) is 1.81. The van der Waals surface area contributed by atoms with E-state index in [0.29, 0.717) is 0 Å². The number of hydrogen-bond donors (Lipinski definition) is 0. The molecule has 0 aliphatic rings. The molecule has 2 rings (SSSR count). The van der Waals surface area contributed by atoms with E-state index in [-0.39, 0.29) is 0 Å². The largest absolute Gasteiger partial charge is 0.463 e. The molecule has 1 nitrogen and oxygen atoms in total. The Kier molecular flexibility index (Phi) is 1.77. The standard InChI is InChI=1S/C10H10OS/c1-7-6-11-10(8(7)2)9-4-3-5-12-9/h3-6H,1-2H3. The van der Waals surface area contributed by atoms with Crippen molar-refractivity contribution < 1.29 is 4.42 Å². The Balaban J connectivity index is 2.55. The smallest absolute Gasteiger partial charge is 0.146 e. The molecule has 12 heavy (non-hydrogen) atoms. The van der Waals surface area contributed by atoms with Crippen molar-refractivity contribution in [1.29, 1.82) is 0 Å². The zero-order valence-electron chi connectivity index (χ0n) is 7.13. The Morgan fingerprint density at radius 2 is 2.17 bits per heavy atom. The summed E-state index contributed by atoms with van der Waals surface area (Å²) in [5, 5.41) is 2.06. The normalized spacial score (nSPS) is 10.5. The van der Waals surface area contributed by atoms with Crippen molar-refractivity contribution in [1.82, 2.24) is 0 Å². The summed E-state index contributed by atoms with van der Waals surface area (Å²) in [6, 6.07) is 4.12. The fourth-order valence-electron chi connectivity index (χ4n) is 1.15. The number of thiophene rings is 1. The van der Waals surface area contributed by atoms with Crippen molar-refractivity contribution in [2.75, 3.05) is 0 Å². The molecule has 2 aromatic heterocycles. The van der Waals surface area contributed by atoms with Gasteiger partial charge in [-0.1, -0.05) is 6.07 Å². The van der Waals surface area contributed by atoms with E-state index in [1.807, 2.05) is 12.3 Å². The number of rotatable bonds is 1. The van der Waals surface area contributed by atoms with Crippen LogP contribution >= 0.6 is 11.3 Å². The first kappa shape index (κ1) is 7.62. The van der Waals surface area contributed by atoms with Crippen LogP contribution in [0.15, 0.2) is 28.2 Å². The lowest BCUT2D eigenvalue weighted by Crippen LogP contribution is -1.73. The van der Waals surface area contributed by atoms with E-state index in [9.17, 15) is 0 Å². The zero-order chi connectivity index (χ0) is 8.55. The third-order valence-corrected chi connectivity index (χ3v) is 2.90. The van der Waals surface area contributed by atoms with E-state index in [0.717, 1.165) is 5.76 Å². The molecule has 2 heteroatoms. The quantitative estimate of drug-likeness (QED) is 0.650. The van der Waals surface area contributed by atoms with E-state index in [1.165, 1.54) is 16.0 Å². The summed E-state index contributed by atoms with van der Waals surface area (Å²) in [4.78, 5) is 1.21. The summed E-state index contributed by atoms with van der Waals surface area (Å²) >= 11 is 1.71. The predicted molar refractivity (Wildman–Crippen MR) is 51.5 cm³/mol. The minimum Gasteiger partial charge on any atom is -0.463 e. The molecule has 0 unspecified atom stereocenters. The highest BCUT2D eigenvalue weighted by atomic mass is 32.1. The van der Waals surface area contributed by atoms with Crippen LogP contribution in [-0.4, -0.2) is 0 Å². The van der Waals surface area contributed by atoms with Gasteiger partial charge in [-0.25, -0.2) is 0 Å². The maximum Gasteiger partial charge on any atom is 0.146 e. The molecule has 0 radical (unpaired) electrons. The Labute approximate surface area is 75.7 Å².